The Morgan fingerprint density at radius 3 is 3.13 bits per heavy atom. The van der Waals surface area contributed by atoms with Crippen molar-refractivity contribution in [2.24, 2.45) is 4.99 Å². The first-order valence-electron chi connectivity index (χ1n) is 4.67. The van der Waals surface area contributed by atoms with Crippen LogP contribution in [0.4, 0.5) is 0 Å². The zero-order valence-corrected chi connectivity index (χ0v) is 8.77. The van der Waals surface area contributed by atoms with Gasteiger partial charge in [0.2, 0.25) is 0 Å². The molecule has 0 unspecified atom stereocenters. The van der Waals surface area contributed by atoms with Crippen LogP contribution >= 0.6 is 0 Å². The molecule has 5 heteroatoms. The van der Waals surface area contributed by atoms with E-state index in [1.807, 2.05) is 19.2 Å². The zero-order valence-electron chi connectivity index (χ0n) is 8.77. The van der Waals surface area contributed by atoms with Gasteiger partial charge in [-0.2, -0.15) is 4.90 Å². The Kier molecular flexibility index (Phi) is 2.48. The van der Waals surface area contributed by atoms with Gasteiger partial charge in [0.05, 0.1) is 25.1 Å². The average Bonchev–Trinajstić information content (AvgIpc) is 2.41. The summed E-state index contributed by atoms with van der Waals surface area (Å²) >= 11 is 0. The Hall–Kier alpha value is -1.74. The third-order valence-corrected chi connectivity index (χ3v) is 2.17. The maximum Gasteiger partial charge on any atom is 0.440 e. The van der Waals surface area contributed by atoms with Crippen molar-refractivity contribution in [2.75, 3.05) is 7.11 Å². The predicted octanol–water partition coefficient (Wildman–Crippen LogP) is 0.158. The largest absolute Gasteiger partial charge is 0.474 e. The van der Waals surface area contributed by atoms with Gasteiger partial charge >= 0.3 is 11.7 Å². The lowest BCUT2D eigenvalue weighted by Crippen LogP contribution is -2.37. The lowest BCUT2D eigenvalue weighted by molar-refractivity contribution is 0.405. The Bertz CT molecular complexity index is 442. The molecule has 15 heavy (non-hydrogen) atoms. The summed E-state index contributed by atoms with van der Waals surface area (Å²) in [6.45, 7) is 1.96. The molecule has 4 nitrogen and oxygen atoms in total. The first-order chi connectivity index (χ1) is 7.22. The number of fused-ring (bicyclic) bond motifs is 1. The van der Waals surface area contributed by atoms with Crippen LogP contribution in [0.1, 0.15) is 13.3 Å². The highest BCUT2D eigenvalue weighted by molar-refractivity contribution is 6.41. The third kappa shape index (κ3) is 1.74. The van der Waals surface area contributed by atoms with Gasteiger partial charge in [0.25, 0.3) is 0 Å². The normalized spacial score (nSPS) is 19.5. The number of amidine groups is 1. The quantitative estimate of drug-likeness (QED) is 0.412. The van der Waals surface area contributed by atoms with E-state index in [2.05, 4.69) is 9.66 Å². The van der Waals surface area contributed by atoms with E-state index in [0.717, 1.165) is 12.1 Å². The standard InChI is InChI=1S/C10H11BN3O/c1-7-4-3-5-14-8(11)6-12-10(15-2)9(14)13-7/h3,5-6H,4H2,1-2H3/q+1. The van der Waals surface area contributed by atoms with Crippen LogP contribution < -0.4 is 4.67 Å². The predicted molar refractivity (Wildman–Crippen MR) is 61.7 cm³/mol. The van der Waals surface area contributed by atoms with E-state index in [1.54, 1.807) is 18.2 Å². The van der Waals surface area contributed by atoms with E-state index in [4.69, 9.17) is 12.6 Å². The van der Waals surface area contributed by atoms with Crippen molar-refractivity contribution in [3.63, 3.8) is 0 Å². The lowest BCUT2D eigenvalue weighted by Gasteiger charge is -2.14. The molecule has 74 valence electrons. The Morgan fingerprint density at radius 2 is 2.40 bits per heavy atom. The second kappa shape index (κ2) is 3.79. The summed E-state index contributed by atoms with van der Waals surface area (Å²) in [6.07, 6.45) is 6.26. The molecule has 0 aromatic rings. The van der Waals surface area contributed by atoms with E-state index in [9.17, 15) is 0 Å². The van der Waals surface area contributed by atoms with E-state index in [1.165, 1.54) is 0 Å². The molecule has 0 aromatic heterocycles. The van der Waals surface area contributed by atoms with Crippen LogP contribution in [0.25, 0.3) is 0 Å². The number of allylic oxidation sites excluding steroid dienone is 1. The van der Waals surface area contributed by atoms with Gasteiger partial charge in [0.15, 0.2) is 13.6 Å². The summed E-state index contributed by atoms with van der Waals surface area (Å²) in [6, 6.07) is 0. The summed E-state index contributed by atoms with van der Waals surface area (Å²) in [5.41, 5.74) is 1.55. The highest BCUT2D eigenvalue weighted by atomic mass is 16.5. The Balaban J connectivity index is 2.57. The molecule has 2 rings (SSSR count). The number of methoxy groups -OCH3 is 1. The van der Waals surface area contributed by atoms with Crippen molar-refractivity contribution in [1.82, 2.24) is 9.57 Å². The highest BCUT2D eigenvalue weighted by Gasteiger charge is 2.32. The highest BCUT2D eigenvalue weighted by Crippen LogP contribution is 2.11. The van der Waals surface area contributed by atoms with Crippen LogP contribution in [0, 0.1) is 0 Å². The smallest absolute Gasteiger partial charge is 0.440 e. The summed E-state index contributed by atoms with van der Waals surface area (Å²) < 4.78 is 9.56. The molecule has 0 saturated carbocycles. The molecule has 0 aliphatic carbocycles. The molecule has 2 aliphatic heterocycles. The van der Waals surface area contributed by atoms with Gasteiger partial charge in [-0.25, -0.2) is 9.66 Å². The first-order valence-corrected chi connectivity index (χ1v) is 4.67. The van der Waals surface area contributed by atoms with Crippen molar-refractivity contribution in [2.45, 2.75) is 13.3 Å². The maximum absolute atomic E-state index is 5.80. The van der Waals surface area contributed by atoms with Crippen molar-refractivity contribution >= 4 is 25.3 Å². The molecular formula is C10H11BN3O+. The summed E-state index contributed by atoms with van der Waals surface area (Å²) in [5.74, 6) is 1.12. The summed E-state index contributed by atoms with van der Waals surface area (Å²) in [5, 5.41) is 0. The van der Waals surface area contributed by atoms with E-state index < -0.39 is 0 Å². The van der Waals surface area contributed by atoms with Crippen LogP contribution in [-0.2, 0) is 4.74 Å². The van der Waals surface area contributed by atoms with E-state index >= 15 is 0 Å². The van der Waals surface area contributed by atoms with Crippen LogP contribution in [0.5, 0.6) is 0 Å². The SMILES string of the molecule is [B]C1=CN=C(OC)C2=[N+]=C(C)CC=CN12. The first kappa shape index (κ1) is 9.81. The Morgan fingerprint density at radius 1 is 1.60 bits per heavy atom. The molecule has 2 aliphatic rings. The van der Waals surface area contributed by atoms with Crippen LogP contribution in [-0.4, -0.2) is 37.3 Å². The fraction of sp³-hybridized carbons (Fsp3) is 0.300. The lowest BCUT2D eigenvalue weighted by atomic mass is 10.0. The van der Waals surface area contributed by atoms with Gasteiger partial charge in [0, 0.05) is 13.3 Å². The molecular weight excluding hydrogens is 189 g/mol. The molecule has 0 bridgehead atoms. The van der Waals surface area contributed by atoms with Crippen molar-refractivity contribution in [3.05, 3.63) is 24.1 Å². The van der Waals surface area contributed by atoms with E-state index in [-0.39, 0.29) is 0 Å². The minimum Gasteiger partial charge on any atom is -0.474 e. The molecule has 0 aromatic carbocycles. The number of rotatable bonds is 0. The minimum absolute atomic E-state index is 0.482. The number of ether oxygens (including phenoxy) is 1. The fourth-order valence-corrected chi connectivity index (χ4v) is 1.43. The van der Waals surface area contributed by atoms with Crippen molar-refractivity contribution < 1.29 is 4.74 Å². The molecule has 0 spiro atoms. The van der Waals surface area contributed by atoms with Crippen LogP contribution in [0.2, 0.25) is 0 Å². The molecule has 2 heterocycles. The van der Waals surface area contributed by atoms with Gasteiger partial charge < -0.3 is 4.74 Å². The number of hydrogen-bond acceptors (Lipinski definition) is 3. The molecule has 0 N–H and O–H groups in total. The monoisotopic (exact) mass is 200 g/mol. The average molecular weight is 200 g/mol. The van der Waals surface area contributed by atoms with Gasteiger partial charge in [-0.1, -0.05) is 0 Å². The molecule has 2 radical (unpaired) electrons. The number of hydrogen-bond donors (Lipinski definition) is 0. The Labute approximate surface area is 89.8 Å². The van der Waals surface area contributed by atoms with E-state index in [0.29, 0.717) is 17.3 Å². The van der Waals surface area contributed by atoms with Crippen LogP contribution in [0.3, 0.4) is 0 Å². The van der Waals surface area contributed by atoms with Gasteiger partial charge in [-0.05, 0) is 6.08 Å². The minimum atomic E-state index is 0.482. The van der Waals surface area contributed by atoms with Crippen molar-refractivity contribution in [3.8, 4) is 0 Å². The molecule has 0 saturated heterocycles. The maximum atomic E-state index is 5.80. The molecule has 0 fully saturated rings. The number of nitrogens with zero attached hydrogens (tertiary/aromatic N) is 3. The zero-order chi connectivity index (χ0) is 10.8. The van der Waals surface area contributed by atoms with Gasteiger partial charge in [0.1, 0.15) is 0 Å². The van der Waals surface area contributed by atoms with Crippen molar-refractivity contribution in [1.29, 1.82) is 0 Å². The summed E-state index contributed by atoms with van der Waals surface area (Å²) in [7, 11) is 7.37. The summed E-state index contributed by atoms with van der Waals surface area (Å²) in [4.78, 5) is 5.84. The topological polar surface area (TPSA) is 38.9 Å². The van der Waals surface area contributed by atoms with Gasteiger partial charge in [-0.15, -0.1) is 0 Å². The number of aliphatic imine (C=N–C) groups is 1. The second-order valence-corrected chi connectivity index (χ2v) is 3.32. The molecule has 0 amide bonds. The third-order valence-electron chi connectivity index (χ3n) is 2.17. The van der Waals surface area contributed by atoms with Gasteiger partial charge in [-0.3, -0.25) is 0 Å². The molecule has 0 atom stereocenters. The second-order valence-electron chi connectivity index (χ2n) is 3.32. The fourth-order valence-electron chi connectivity index (χ4n) is 1.43. The van der Waals surface area contributed by atoms with Crippen LogP contribution in [0.15, 0.2) is 29.1 Å².